The van der Waals surface area contributed by atoms with E-state index < -0.39 is 28.3 Å². The first kappa shape index (κ1) is 23.0. The summed E-state index contributed by atoms with van der Waals surface area (Å²) in [7, 11) is -3.75. The lowest BCUT2D eigenvalue weighted by Gasteiger charge is -2.21. The van der Waals surface area contributed by atoms with E-state index in [1.807, 2.05) is 30.3 Å². The molecule has 0 fully saturated rings. The van der Waals surface area contributed by atoms with E-state index >= 15 is 0 Å². The van der Waals surface area contributed by atoms with Gasteiger partial charge in [-0.1, -0.05) is 30.3 Å². The van der Waals surface area contributed by atoms with Crippen molar-refractivity contribution in [2.24, 2.45) is 5.10 Å². The molecule has 0 bridgehead atoms. The molecule has 3 rings (SSSR count). The zero-order valence-corrected chi connectivity index (χ0v) is 18.1. The van der Waals surface area contributed by atoms with Crippen LogP contribution in [0, 0.1) is 5.82 Å². The number of anilines is 1. The second-order valence-electron chi connectivity index (χ2n) is 6.88. The predicted molar refractivity (Wildman–Crippen MR) is 122 cm³/mol. The summed E-state index contributed by atoms with van der Waals surface area (Å²) >= 11 is 0. The van der Waals surface area contributed by atoms with Crippen LogP contribution in [0.25, 0.3) is 0 Å². The summed E-state index contributed by atoms with van der Waals surface area (Å²) < 4.78 is 43.7. The zero-order chi connectivity index (χ0) is 23.0. The Kier molecular flexibility index (Phi) is 7.56. The number of sulfonamides is 1. The van der Waals surface area contributed by atoms with E-state index in [2.05, 4.69) is 10.5 Å². The Morgan fingerprint density at radius 3 is 2.31 bits per heavy atom. The Labute approximate surface area is 186 Å². The van der Waals surface area contributed by atoms with Crippen molar-refractivity contribution in [3.8, 4) is 5.75 Å². The number of nitrogens with one attached hydrogen (secondary N) is 1. The highest BCUT2D eigenvalue weighted by atomic mass is 32.2. The van der Waals surface area contributed by atoms with Crippen molar-refractivity contribution in [1.82, 2.24) is 5.43 Å². The Hall–Kier alpha value is -3.72. The summed E-state index contributed by atoms with van der Waals surface area (Å²) in [6, 6.07) is 21.7. The van der Waals surface area contributed by atoms with Crippen molar-refractivity contribution < 1.29 is 22.3 Å². The molecule has 0 heterocycles. The minimum atomic E-state index is -3.75. The van der Waals surface area contributed by atoms with Crippen molar-refractivity contribution in [2.75, 3.05) is 17.1 Å². The predicted octanol–water partition coefficient (Wildman–Crippen LogP) is 3.32. The van der Waals surface area contributed by atoms with Crippen LogP contribution >= 0.6 is 0 Å². The molecule has 1 amide bonds. The molecule has 7 nitrogen and oxygen atoms in total. The van der Waals surface area contributed by atoms with Crippen LogP contribution in [0.4, 0.5) is 10.1 Å². The molecule has 0 aliphatic carbocycles. The summed E-state index contributed by atoms with van der Waals surface area (Å²) in [5, 5.41) is 3.86. The highest BCUT2D eigenvalue weighted by Gasteiger charge is 2.20. The van der Waals surface area contributed by atoms with Crippen LogP contribution in [0.2, 0.25) is 0 Å². The second kappa shape index (κ2) is 10.5. The molecule has 1 N–H and O–H groups in total. The normalized spacial score (nSPS) is 11.3. The van der Waals surface area contributed by atoms with Crippen molar-refractivity contribution in [3.05, 3.63) is 95.8 Å². The van der Waals surface area contributed by atoms with E-state index in [0.29, 0.717) is 12.4 Å². The van der Waals surface area contributed by atoms with E-state index in [-0.39, 0.29) is 5.69 Å². The van der Waals surface area contributed by atoms with Gasteiger partial charge in [0.05, 0.1) is 18.2 Å². The number of ether oxygens (including phenoxy) is 1. The summed E-state index contributed by atoms with van der Waals surface area (Å²) in [5.74, 6) is -0.454. The smallest absolute Gasteiger partial charge is 0.260 e. The lowest BCUT2D eigenvalue weighted by molar-refractivity contribution is -0.119. The summed E-state index contributed by atoms with van der Waals surface area (Å²) in [6.45, 7) is -0.0384. The first-order valence-electron chi connectivity index (χ1n) is 9.63. The molecule has 9 heteroatoms. The number of benzene rings is 3. The van der Waals surface area contributed by atoms with Crippen LogP contribution in [0.5, 0.6) is 5.75 Å². The molecule has 0 atom stereocenters. The van der Waals surface area contributed by atoms with Crippen molar-refractivity contribution >= 4 is 27.8 Å². The van der Waals surface area contributed by atoms with Crippen molar-refractivity contribution in [2.45, 2.75) is 6.61 Å². The van der Waals surface area contributed by atoms with Gasteiger partial charge >= 0.3 is 0 Å². The van der Waals surface area contributed by atoms with Crippen LogP contribution in [0.15, 0.2) is 84.0 Å². The largest absolute Gasteiger partial charge is 0.489 e. The lowest BCUT2D eigenvalue weighted by Crippen LogP contribution is -2.39. The van der Waals surface area contributed by atoms with E-state index in [0.717, 1.165) is 33.8 Å². The standard InChI is InChI=1S/C23H22FN3O4S/c1-32(29,30)27(21-11-9-20(24)10-12-21)16-23(28)26-25-15-18-7-13-22(14-8-18)31-17-19-5-3-2-4-6-19/h2-15H,16-17H2,1H3,(H,26,28)/b25-15+. The van der Waals surface area contributed by atoms with Gasteiger partial charge in [-0.25, -0.2) is 18.2 Å². The fourth-order valence-electron chi connectivity index (χ4n) is 2.74. The third-order valence-electron chi connectivity index (χ3n) is 4.33. The van der Waals surface area contributed by atoms with Gasteiger partial charge in [-0.05, 0) is 59.7 Å². The SMILES string of the molecule is CS(=O)(=O)N(CC(=O)N/N=C/c1ccc(OCc2ccccc2)cc1)c1ccc(F)cc1. The van der Waals surface area contributed by atoms with Crippen LogP contribution in [0.1, 0.15) is 11.1 Å². The molecule has 0 spiro atoms. The average molecular weight is 456 g/mol. The number of carbonyl (C=O) groups is 1. The van der Waals surface area contributed by atoms with Crippen LogP contribution < -0.4 is 14.5 Å². The Bertz CT molecular complexity index is 1170. The van der Waals surface area contributed by atoms with Crippen molar-refractivity contribution in [3.63, 3.8) is 0 Å². The zero-order valence-electron chi connectivity index (χ0n) is 17.3. The Balaban J connectivity index is 1.54. The third kappa shape index (κ3) is 6.92. The summed E-state index contributed by atoms with van der Waals surface area (Å²) in [5.41, 5.74) is 4.25. The number of halogens is 1. The van der Waals surface area contributed by atoms with Gasteiger partial charge in [-0.2, -0.15) is 5.10 Å². The maximum atomic E-state index is 13.1. The maximum Gasteiger partial charge on any atom is 0.260 e. The van der Waals surface area contributed by atoms with Gasteiger partial charge in [-0.3, -0.25) is 9.10 Å². The topological polar surface area (TPSA) is 88.1 Å². The van der Waals surface area contributed by atoms with E-state index in [4.69, 9.17) is 4.74 Å². The van der Waals surface area contributed by atoms with Crippen LogP contribution in [-0.2, 0) is 21.4 Å². The monoisotopic (exact) mass is 455 g/mol. The Morgan fingerprint density at radius 1 is 1.03 bits per heavy atom. The van der Waals surface area contributed by atoms with Gasteiger partial charge in [0.2, 0.25) is 10.0 Å². The molecule has 0 aliphatic heterocycles. The molecule has 32 heavy (non-hydrogen) atoms. The molecule has 0 unspecified atom stereocenters. The highest BCUT2D eigenvalue weighted by Crippen LogP contribution is 2.17. The summed E-state index contributed by atoms with van der Waals surface area (Å²) in [6.07, 6.45) is 2.40. The lowest BCUT2D eigenvalue weighted by atomic mass is 10.2. The molecule has 0 saturated carbocycles. The van der Waals surface area contributed by atoms with Crippen molar-refractivity contribution in [1.29, 1.82) is 0 Å². The van der Waals surface area contributed by atoms with Gasteiger partial charge < -0.3 is 4.74 Å². The molecule has 166 valence electrons. The van der Waals surface area contributed by atoms with Crippen LogP contribution in [-0.4, -0.2) is 33.3 Å². The minimum Gasteiger partial charge on any atom is -0.489 e. The number of hydrogen-bond donors (Lipinski definition) is 1. The maximum absolute atomic E-state index is 13.1. The minimum absolute atomic E-state index is 0.180. The summed E-state index contributed by atoms with van der Waals surface area (Å²) in [4.78, 5) is 12.2. The van der Waals surface area contributed by atoms with E-state index in [9.17, 15) is 17.6 Å². The number of rotatable bonds is 9. The molecule has 0 radical (unpaired) electrons. The molecular weight excluding hydrogens is 433 g/mol. The molecule has 0 aliphatic rings. The van der Waals surface area contributed by atoms with Gasteiger partial charge in [0.25, 0.3) is 5.91 Å². The molecule has 3 aromatic rings. The fraction of sp³-hybridized carbons (Fsp3) is 0.130. The van der Waals surface area contributed by atoms with Gasteiger partial charge in [0.1, 0.15) is 24.7 Å². The quantitative estimate of drug-likeness (QED) is 0.396. The van der Waals surface area contributed by atoms with Gasteiger partial charge in [-0.15, -0.1) is 0 Å². The number of nitrogens with zero attached hydrogens (tertiary/aromatic N) is 2. The van der Waals surface area contributed by atoms with E-state index in [1.165, 1.54) is 18.3 Å². The number of hydrazone groups is 1. The molecule has 3 aromatic carbocycles. The second-order valence-corrected chi connectivity index (χ2v) is 8.79. The van der Waals surface area contributed by atoms with Crippen LogP contribution in [0.3, 0.4) is 0 Å². The molecular formula is C23H22FN3O4S. The Morgan fingerprint density at radius 2 is 1.69 bits per heavy atom. The third-order valence-corrected chi connectivity index (χ3v) is 5.47. The van der Waals surface area contributed by atoms with E-state index in [1.54, 1.807) is 24.3 Å². The van der Waals surface area contributed by atoms with Gasteiger partial charge in [0, 0.05) is 0 Å². The highest BCUT2D eigenvalue weighted by molar-refractivity contribution is 7.92. The molecule has 0 aromatic heterocycles. The fourth-order valence-corrected chi connectivity index (χ4v) is 3.60. The number of hydrogen-bond acceptors (Lipinski definition) is 5. The first-order valence-corrected chi connectivity index (χ1v) is 11.5. The molecule has 0 saturated heterocycles. The number of amides is 1. The van der Waals surface area contributed by atoms with Gasteiger partial charge in [0.15, 0.2) is 0 Å². The first-order chi connectivity index (χ1) is 15.3. The number of carbonyl (C=O) groups excluding carboxylic acids is 1. The average Bonchev–Trinajstić information content (AvgIpc) is 2.78.